The molecule has 5 aliphatic rings. The van der Waals surface area contributed by atoms with Gasteiger partial charge < -0.3 is 29.9 Å². The average molecular weight is 847 g/mol. The Bertz CT molecular complexity index is 2010. The number of nitrogens with zero attached hydrogens (tertiary/aromatic N) is 2. The molecule has 4 amide bonds. The Balaban J connectivity index is 1.05. The molecule has 8 rings (SSSR count). The molecule has 3 aromatic carbocycles. The first-order valence-corrected chi connectivity index (χ1v) is 22.5. The summed E-state index contributed by atoms with van der Waals surface area (Å²) in [5, 5.41) is 5.31. The lowest BCUT2D eigenvalue weighted by molar-refractivity contribution is -0.140. The number of amides is 4. The van der Waals surface area contributed by atoms with Crippen LogP contribution in [0.4, 0.5) is 9.59 Å². The number of rotatable bonds is 14. The van der Waals surface area contributed by atoms with E-state index in [9.17, 15) is 28.8 Å². The van der Waals surface area contributed by atoms with Crippen molar-refractivity contribution in [2.75, 3.05) is 27.3 Å². The molecule has 12 nitrogen and oxygen atoms in total. The van der Waals surface area contributed by atoms with Gasteiger partial charge in [-0.2, -0.15) is 0 Å². The molecule has 0 spiro atoms. The molecule has 0 aromatic heterocycles. The number of benzene rings is 3. The van der Waals surface area contributed by atoms with E-state index in [1.54, 1.807) is 9.80 Å². The Hall–Kier alpha value is -5.52. The Labute approximate surface area is 365 Å². The topological polar surface area (TPSA) is 151 Å². The highest BCUT2D eigenvalue weighted by molar-refractivity contribution is 5.95. The van der Waals surface area contributed by atoms with Crippen LogP contribution in [0.5, 0.6) is 0 Å². The molecule has 4 atom stereocenters. The smallest absolute Gasteiger partial charge is 0.407 e. The lowest BCUT2D eigenvalue weighted by Gasteiger charge is -2.41. The van der Waals surface area contributed by atoms with Crippen LogP contribution in [0.1, 0.15) is 113 Å². The minimum Gasteiger partial charge on any atom is -0.453 e. The van der Waals surface area contributed by atoms with E-state index in [4.69, 9.17) is 9.47 Å². The summed E-state index contributed by atoms with van der Waals surface area (Å²) >= 11 is 0. The molecule has 2 saturated heterocycles. The maximum atomic E-state index is 13.7. The maximum Gasteiger partial charge on any atom is 0.407 e. The summed E-state index contributed by atoms with van der Waals surface area (Å²) in [5.41, 5.74) is 9.39. The van der Waals surface area contributed by atoms with Crippen LogP contribution in [0.25, 0.3) is 22.3 Å². The molecule has 0 unspecified atom stereocenters. The van der Waals surface area contributed by atoms with Gasteiger partial charge in [-0.15, -0.1) is 0 Å². The number of Topliss-reactive ketones (excluding diaryl/α,β-unsaturated/α-hetero) is 2. The van der Waals surface area contributed by atoms with Crippen molar-refractivity contribution in [1.29, 1.82) is 0 Å². The first-order chi connectivity index (χ1) is 29.8. The molecule has 3 aromatic rings. The van der Waals surface area contributed by atoms with Crippen LogP contribution >= 0.6 is 0 Å². The fraction of sp³-hybridized carbons (Fsp3) is 0.520. The first kappa shape index (κ1) is 44.5. The molecule has 330 valence electrons. The monoisotopic (exact) mass is 846 g/mol. The Morgan fingerprint density at radius 3 is 1.23 bits per heavy atom. The van der Waals surface area contributed by atoms with Gasteiger partial charge in [-0.1, -0.05) is 88.4 Å². The Morgan fingerprint density at radius 2 is 0.903 bits per heavy atom. The molecule has 12 heteroatoms. The number of alkyl carbamates (subject to hydrolysis) is 2. The van der Waals surface area contributed by atoms with E-state index in [1.807, 2.05) is 52.0 Å². The third kappa shape index (κ3) is 9.29. The van der Waals surface area contributed by atoms with Crippen molar-refractivity contribution in [2.24, 2.45) is 11.8 Å². The van der Waals surface area contributed by atoms with Crippen LogP contribution in [0.3, 0.4) is 0 Å². The number of methoxy groups -OCH3 is 2. The van der Waals surface area contributed by atoms with Gasteiger partial charge >= 0.3 is 12.2 Å². The number of fused-ring (bicyclic) bond motifs is 2. The number of nitrogens with one attached hydrogen (secondary N) is 2. The second-order valence-electron chi connectivity index (χ2n) is 18.3. The van der Waals surface area contributed by atoms with E-state index >= 15 is 0 Å². The number of carbonyl (C=O) groups is 6. The third-order valence-electron chi connectivity index (χ3n) is 13.7. The van der Waals surface area contributed by atoms with Gasteiger partial charge in [0.15, 0.2) is 11.6 Å². The molecular formula is C50H62N4O8. The molecule has 0 radical (unpaired) electrons. The summed E-state index contributed by atoms with van der Waals surface area (Å²) in [4.78, 5) is 81.8. The van der Waals surface area contributed by atoms with E-state index in [1.165, 1.54) is 62.2 Å². The van der Waals surface area contributed by atoms with E-state index < -0.39 is 36.4 Å². The largest absolute Gasteiger partial charge is 0.453 e. The molecule has 2 bridgehead atoms. The minimum absolute atomic E-state index is 0.000924. The summed E-state index contributed by atoms with van der Waals surface area (Å²) in [5.74, 6) is 0.124. The van der Waals surface area contributed by atoms with Crippen LogP contribution in [0.15, 0.2) is 60.7 Å². The summed E-state index contributed by atoms with van der Waals surface area (Å²) in [6.07, 6.45) is 6.46. The maximum absolute atomic E-state index is 13.7. The first-order valence-electron chi connectivity index (χ1n) is 22.5. The van der Waals surface area contributed by atoms with Crippen molar-refractivity contribution in [2.45, 2.75) is 128 Å². The summed E-state index contributed by atoms with van der Waals surface area (Å²) < 4.78 is 9.50. The lowest BCUT2D eigenvalue weighted by Crippen LogP contribution is -2.53. The molecule has 2 N–H and O–H groups in total. The minimum atomic E-state index is -0.769. The van der Waals surface area contributed by atoms with Crippen molar-refractivity contribution in [3.05, 3.63) is 82.9 Å². The standard InChI is InChI=1S/C50H62N4O8/c1-29(2)45(51-49(59)61-5)47(57)53-25-7-9-39(53)41(55)27-31-11-15-33(16-12-31)37-23-24-38(44-36-21-19-35(20-22-36)43(37)44)34-17-13-32(14-18-34)28-42(56)40-10-8-26-54(40)48(58)46(30(3)4)52-50(60)62-6/h11-18,23-24,29-30,35-36,39-40,45-46H,7-10,19-22,25-28H2,1-6H3,(H,51,59)(H,52,60)/t35?,36?,39-,40-,45-,46-/m0/s1. The summed E-state index contributed by atoms with van der Waals surface area (Å²) in [7, 11) is 2.53. The SMILES string of the molecule is COC(=O)N[C@H](C(=O)N1CCC[C@H]1C(=O)Cc1ccc(-c2ccc(-c3ccc(CC(=O)[C@@H]4CCCN4C(=O)[C@@H](NC(=O)OC)C(C)C)cc3)c3c2C2CCC3CC2)cc1)C(C)C. The molecule has 2 aliphatic heterocycles. The van der Waals surface area contributed by atoms with E-state index in [-0.39, 0.29) is 48.1 Å². The normalized spacial score (nSPS) is 21.4. The van der Waals surface area contributed by atoms with Crippen LogP contribution in [0.2, 0.25) is 0 Å². The zero-order valence-corrected chi connectivity index (χ0v) is 37.0. The van der Waals surface area contributed by atoms with E-state index in [0.29, 0.717) is 37.8 Å². The highest BCUT2D eigenvalue weighted by Crippen LogP contribution is 2.55. The number of ether oxygens (including phenoxy) is 2. The zero-order valence-electron chi connectivity index (χ0n) is 37.0. The van der Waals surface area contributed by atoms with Gasteiger partial charge in [-0.05, 0) is 120 Å². The van der Waals surface area contributed by atoms with Gasteiger partial charge in [0.1, 0.15) is 12.1 Å². The molecule has 1 saturated carbocycles. The predicted octanol–water partition coefficient (Wildman–Crippen LogP) is 7.74. The number of carbonyl (C=O) groups excluding carboxylic acids is 6. The van der Waals surface area contributed by atoms with Gasteiger partial charge in [0.05, 0.1) is 26.3 Å². The van der Waals surface area contributed by atoms with Gasteiger partial charge in [0.2, 0.25) is 11.8 Å². The van der Waals surface area contributed by atoms with Gasteiger partial charge in [0.25, 0.3) is 0 Å². The summed E-state index contributed by atoms with van der Waals surface area (Å²) in [6, 6.07) is 18.5. The van der Waals surface area contributed by atoms with Crippen molar-refractivity contribution >= 4 is 35.6 Å². The number of hydrogen-bond donors (Lipinski definition) is 2. The van der Waals surface area contributed by atoms with E-state index in [0.717, 1.165) is 35.1 Å². The highest BCUT2D eigenvalue weighted by Gasteiger charge is 2.41. The van der Waals surface area contributed by atoms with E-state index in [2.05, 4.69) is 47.0 Å². The molecule has 2 heterocycles. The van der Waals surface area contributed by atoms with Gasteiger partial charge in [-0.3, -0.25) is 19.2 Å². The number of hydrogen-bond acceptors (Lipinski definition) is 8. The highest BCUT2D eigenvalue weighted by atomic mass is 16.5. The zero-order chi connectivity index (χ0) is 44.2. The molecule has 62 heavy (non-hydrogen) atoms. The second kappa shape index (κ2) is 19.3. The average Bonchev–Trinajstić information content (AvgIpc) is 3.99. The van der Waals surface area contributed by atoms with Crippen LogP contribution in [-0.4, -0.2) is 96.8 Å². The molecule has 3 fully saturated rings. The van der Waals surface area contributed by atoms with Gasteiger partial charge in [0, 0.05) is 25.9 Å². The Kier molecular flexibility index (Phi) is 13.8. The number of likely N-dealkylation sites (tertiary alicyclic amines) is 2. The summed E-state index contributed by atoms with van der Waals surface area (Å²) in [6.45, 7) is 8.42. The van der Waals surface area contributed by atoms with Gasteiger partial charge in [-0.25, -0.2) is 9.59 Å². The third-order valence-corrected chi connectivity index (χ3v) is 13.7. The fourth-order valence-corrected chi connectivity index (χ4v) is 10.4. The molecular weight excluding hydrogens is 785 g/mol. The Morgan fingerprint density at radius 1 is 0.548 bits per heavy atom. The number of ketones is 2. The van der Waals surface area contributed by atoms with Crippen molar-refractivity contribution in [3.63, 3.8) is 0 Å². The predicted molar refractivity (Wildman–Crippen MR) is 236 cm³/mol. The van der Waals surface area contributed by atoms with Crippen molar-refractivity contribution in [3.8, 4) is 22.3 Å². The van der Waals surface area contributed by atoms with Crippen LogP contribution in [-0.2, 0) is 41.5 Å². The lowest BCUT2D eigenvalue weighted by atomic mass is 9.63. The van der Waals surface area contributed by atoms with Crippen molar-refractivity contribution < 1.29 is 38.2 Å². The quantitative estimate of drug-likeness (QED) is 0.167. The fourth-order valence-electron chi connectivity index (χ4n) is 10.4. The second-order valence-corrected chi connectivity index (χ2v) is 18.3. The van der Waals surface area contributed by atoms with Crippen molar-refractivity contribution in [1.82, 2.24) is 20.4 Å². The van der Waals surface area contributed by atoms with Crippen LogP contribution in [0, 0.1) is 11.8 Å². The molecule has 3 aliphatic carbocycles. The van der Waals surface area contributed by atoms with Crippen LogP contribution < -0.4 is 10.6 Å².